The second-order valence-electron chi connectivity index (χ2n) is 6.14. The summed E-state index contributed by atoms with van der Waals surface area (Å²) in [6.45, 7) is 0. The second-order valence-corrected chi connectivity index (χ2v) is 6.14. The van der Waals surface area contributed by atoms with E-state index < -0.39 is 28.6 Å². The van der Waals surface area contributed by atoms with Gasteiger partial charge in [0.1, 0.15) is 40.6 Å². The van der Waals surface area contributed by atoms with Crippen molar-refractivity contribution in [3.63, 3.8) is 0 Å². The highest BCUT2D eigenvalue weighted by atomic mass is 19.1. The van der Waals surface area contributed by atoms with Gasteiger partial charge < -0.3 is 14.0 Å². The van der Waals surface area contributed by atoms with Crippen molar-refractivity contribution in [3.8, 4) is 40.0 Å². The Hall–Kier alpha value is -3.73. The first-order valence-electron chi connectivity index (χ1n) is 8.33. The van der Waals surface area contributed by atoms with Gasteiger partial charge >= 0.3 is 0 Å². The zero-order valence-electron chi connectivity index (χ0n) is 15.7. The van der Waals surface area contributed by atoms with Gasteiger partial charge in [-0.15, -0.1) is 0 Å². The van der Waals surface area contributed by atoms with Crippen LogP contribution in [-0.4, -0.2) is 18.8 Å². The number of halogens is 3. The molecule has 0 saturated heterocycles. The molecule has 2 aromatic carbocycles. The molecule has 0 radical (unpaired) electrons. The minimum absolute atomic E-state index is 0.153. The van der Waals surface area contributed by atoms with Gasteiger partial charge in [-0.25, -0.2) is 13.2 Å². The van der Waals surface area contributed by atoms with Crippen LogP contribution >= 0.6 is 0 Å². The lowest BCUT2D eigenvalue weighted by Crippen LogP contribution is -2.22. The number of rotatable bonds is 4. The third-order valence-electron chi connectivity index (χ3n) is 4.44. The van der Waals surface area contributed by atoms with Crippen LogP contribution in [0.25, 0.3) is 22.4 Å². The fraction of sp³-hybridized carbons (Fsp3) is 0.143. The Kier molecular flexibility index (Phi) is 5.33. The molecular formula is C21H15F3N2O3. The van der Waals surface area contributed by atoms with E-state index in [1.807, 2.05) is 0 Å². The summed E-state index contributed by atoms with van der Waals surface area (Å²) in [5.41, 5.74) is -1.16. The Balaban J connectivity index is 2.48. The summed E-state index contributed by atoms with van der Waals surface area (Å²) in [7, 11) is 4.14. The Morgan fingerprint density at radius 2 is 1.48 bits per heavy atom. The number of ether oxygens (including phenoxy) is 2. The molecule has 0 amide bonds. The van der Waals surface area contributed by atoms with E-state index in [1.165, 1.54) is 27.3 Å². The molecule has 3 aromatic rings. The van der Waals surface area contributed by atoms with Crippen LogP contribution in [-0.2, 0) is 7.05 Å². The highest BCUT2D eigenvalue weighted by molar-refractivity contribution is 5.83. The van der Waals surface area contributed by atoms with E-state index in [-0.39, 0.29) is 16.8 Å². The van der Waals surface area contributed by atoms with E-state index in [1.54, 1.807) is 24.3 Å². The Morgan fingerprint density at radius 3 is 1.97 bits per heavy atom. The SMILES string of the molecule is COc1cc(OC)cc(-c2cc(C#N)c(=O)n(C)c2-c2c(F)cc(F)cc2F)c1. The molecule has 0 unspecified atom stereocenters. The van der Waals surface area contributed by atoms with Crippen molar-refractivity contribution in [2.45, 2.75) is 0 Å². The molecule has 0 spiro atoms. The highest BCUT2D eigenvalue weighted by Crippen LogP contribution is 2.38. The summed E-state index contributed by atoms with van der Waals surface area (Å²) < 4.78 is 54.0. The van der Waals surface area contributed by atoms with Crippen LogP contribution in [0.1, 0.15) is 5.56 Å². The summed E-state index contributed by atoms with van der Waals surface area (Å²) in [5.74, 6) is -2.68. The van der Waals surface area contributed by atoms with Gasteiger partial charge in [0.05, 0.1) is 25.5 Å². The number of hydrogen-bond donors (Lipinski definition) is 0. The average molecular weight is 400 g/mol. The quantitative estimate of drug-likeness (QED) is 0.664. The average Bonchev–Trinajstić information content (AvgIpc) is 2.70. The molecule has 0 atom stereocenters. The molecule has 0 fully saturated rings. The van der Waals surface area contributed by atoms with Crippen molar-refractivity contribution < 1.29 is 22.6 Å². The summed E-state index contributed by atoms with van der Waals surface area (Å²) in [6.07, 6.45) is 0. The molecule has 0 bridgehead atoms. The number of hydrogen-bond acceptors (Lipinski definition) is 4. The first-order chi connectivity index (χ1) is 13.8. The maximum absolute atomic E-state index is 14.6. The number of aromatic nitrogens is 1. The number of pyridine rings is 1. The maximum atomic E-state index is 14.6. The van der Waals surface area contributed by atoms with E-state index >= 15 is 0 Å². The zero-order valence-corrected chi connectivity index (χ0v) is 15.7. The molecule has 5 nitrogen and oxygen atoms in total. The van der Waals surface area contributed by atoms with E-state index in [9.17, 15) is 23.2 Å². The minimum Gasteiger partial charge on any atom is -0.497 e. The van der Waals surface area contributed by atoms with Gasteiger partial charge in [0.2, 0.25) is 0 Å². The zero-order chi connectivity index (χ0) is 21.3. The molecule has 0 aliphatic rings. The minimum atomic E-state index is -1.18. The largest absolute Gasteiger partial charge is 0.497 e. The molecule has 148 valence electrons. The van der Waals surface area contributed by atoms with E-state index in [0.29, 0.717) is 29.2 Å². The molecule has 3 rings (SSSR count). The van der Waals surface area contributed by atoms with Crippen molar-refractivity contribution in [1.82, 2.24) is 4.57 Å². The van der Waals surface area contributed by atoms with Gasteiger partial charge in [-0.2, -0.15) is 5.26 Å². The predicted molar refractivity (Wildman–Crippen MR) is 100 cm³/mol. The summed E-state index contributed by atoms with van der Waals surface area (Å²) in [4.78, 5) is 12.5. The number of methoxy groups -OCH3 is 2. The van der Waals surface area contributed by atoms with E-state index in [4.69, 9.17) is 9.47 Å². The third-order valence-corrected chi connectivity index (χ3v) is 4.44. The molecule has 29 heavy (non-hydrogen) atoms. The Morgan fingerprint density at radius 1 is 0.931 bits per heavy atom. The fourth-order valence-electron chi connectivity index (χ4n) is 3.07. The first-order valence-corrected chi connectivity index (χ1v) is 8.33. The molecule has 0 saturated carbocycles. The summed E-state index contributed by atoms with van der Waals surface area (Å²) in [6, 6.07) is 8.77. The van der Waals surface area contributed by atoms with Crippen LogP contribution in [0.5, 0.6) is 11.5 Å². The first kappa shape index (κ1) is 20.0. The number of nitrogens with zero attached hydrogens (tertiary/aromatic N) is 2. The van der Waals surface area contributed by atoms with Gasteiger partial charge in [-0.3, -0.25) is 4.79 Å². The van der Waals surface area contributed by atoms with Crippen LogP contribution < -0.4 is 15.0 Å². The van der Waals surface area contributed by atoms with Crippen molar-refractivity contribution in [1.29, 1.82) is 5.26 Å². The molecular weight excluding hydrogens is 385 g/mol. The van der Waals surface area contributed by atoms with Crippen molar-refractivity contribution >= 4 is 0 Å². The standard InChI is InChI=1S/C21H15F3N2O3/c1-26-20(19-17(23)7-13(22)8-18(19)24)16(6-12(10-25)21(26)27)11-4-14(28-2)9-15(5-11)29-3/h4-9H,1-3H3. The Bertz CT molecular complexity index is 1170. The highest BCUT2D eigenvalue weighted by Gasteiger charge is 2.23. The molecule has 1 aromatic heterocycles. The van der Waals surface area contributed by atoms with Crippen molar-refractivity contribution in [2.75, 3.05) is 14.2 Å². The summed E-state index contributed by atoms with van der Waals surface area (Å²) in [5, 5.41) is 9.31. The van der Waals surface area contributed by atoms with Crippen molar-refractivity contribution in [3.05, 3.63) is 69.8 Å². The lowest BCUT2D eigenvalue weighted by Gasteiger charge is -2.17. The van der Waals surface area contributed by atoms with Gasteiger partial charge in [-0.1, -0.05) is 0 Å². The van der Waals surface area contributed by atoms with Crippen LogP contribution in [0.15, 0.2) is 41.2 Å². The maximum Gasteiger partial charge on any atom is 0.268 e. The number of benzene rings is 2. The van der Waals surface area contributed by atoms with Crippen molar-refractivity contribution in [2.24, 2.45) is 7.05 Å². The lowest BCUT2D eigenvalue weighted by molar-refractivity contribution is 0.394. The molecule has 0 aliphatic heterocycles. The summed E-state index contributed by atoms with van der Waals surface area (Å²) >= 11 is 0. The normalized spacial score (nSPS) is 10.5. The van der Waals surface area contributed by atoms with Crippen LogP contribution in [0.4, 0.5) is 13.2 Å². The van der Waals surface area contributed by atoms with Gasteiger partial charge in [0, 0.05) is 30.8 Å². The van der Waals surface area contributed by atoms with E-state index in [2.05, 4.69) is 0 Å². The molecule has 1 heterocycles. The molecule has 0 aliphatic carbocycles. The van der Waals surface area contributed by atoms with Crippen LogP contribution in [0, 0.1) is 28.8 Å². The lowest BCUT2D eigenvalue weighted by atomic mass is 9.96. The van der Waals surface area contributed by atoms with Gasteiger partial charge in [-0.05, 0) is 23.8 Å². The topological polar surface area (TPSA) is 64.2 Å². The smallest absolute Gasteiger partial charge is 0.268 e. The monoisotopic (exact) mass is 400 g/mol. The fourth-order valence-corrected chi connectivity index (χ4v) is 3.07. The number of nitriles is 1. The van der Waals surface area contributed by atoms with Gasteiger partial charge in [0.15, 0.2) is 0 Å². The third kappa shape index (κ3) is 3.55. The predicted octanol–water partition coefficient (Wildman–Crippen LogP) is 4.03. The van der Waals surface area contributed by atoms with Crippen LogP contribution in [0.2, 0.25) is 0 Å². The molecule has 8 heteroatoms. The van der Waals surface area contributed by atoms with Crippen LogP contribution in [0.3, 0.4) is 0 Å². The van der Waals surface area contributed by atoms with Gasteiger partial charge in [0.25, 0.3) is 5.56 Å². The second kappa shape index (κ2) is 7.72. The Labute approximate surface area is 164 Å². The molecule has 0 N–H and O–H groups in total. The van der Waals surface area contributed by atoms with E-state index in [0.717, 1.165) is 4.57 Å².